The third-order valence-electron chi connectivity index (χ3n) is 3.46. The maximum Gasteiger partial charge on any atom is 0.277 e. The third-order valence-corrected chi connectivity index (χ3v) is 3.46. The Bertz CT molecular complexity index is 617. The predicted molar refractivity (Wildman–Crippen MR) is 77.1 cm³/mol. The maximum absolute atomic E-state index is 12.0. The van der Waals surface area contributed by atoms with Crippen molar-refractivity contribution in [3.63, 3.8) is 0 Å². The predicted octanol–water partition coefficient (Wildman–Crippen LogP) is 2.38. The van der Waals surface area contributed by atoms with E-state index < -0.39 is 0 Å². The summed E-state index contributed by atoms with van der Waals surface area (Å²) in [5.41, 5.74) is 0.243. The minimum absolute atomic E-state index is 0.243. The highest BCUT2D eigenvalue weighted by Gasteiger charge is 2.16. The summed E-state index contributed by atoms with van der Waals surface area (Å²) >= 11 is 0. The Morgan fingerprint density at radius 2 is 2.05 bits per heavy atom. The van der Waals surface area contributed by atoms with Crippen LogP contribution in [0, 0.1) is 6.92 Å². The van der Waals surface area contributed by atoms with Gasteiger partial charge in [-0.15, -0.1) is 0 Å². The number of nitrogens with one attached hydrogen (secondary N) is 2. The molecule has 0 atom stereocenters. The Morgan fingerprint density at radius 3 is 2.67 bits per heavy atom. The van der Waals surface area contributed by atoms with Crippen LogP contribution in [0.15, 0.2) is 23.0 Å². The highest BCUT2D eigenvalue weighted by atomic mass is 16.5. The number of aromatic nitrogens is 3. The average molecular weight is 287 g/mol. The summed E-state index contributed by atoms with van der Waals surface area (Å²) in [5.74, 6) is 1.35. The van der Waals surface area contributed by atoms with Gasteiger partial charge in [-0.1, -0.05) is 18.0 Å². The molecule has 7 heteroatoms. The van der Waals surface area contributed by atoms with Gasteiger partial charge in [0.2, 0.25) is 0 Å². The van der Waals surface area contributed by atoms with Crippen molar-refractivity contribution in [3.05, 3.63) is 29.9 Å². The standard InChI is InChI=1S/C14H17N5O2/c1-9-6-12(19-21-9)18-14(20)11-7-16-13(8-15-11)17-10-4-2-3-5-10/h6-8,10H,2-5H2,1H3,(H,16,17)(H,18,19,20). The van der Waals surface area contributed by atoms with E-state index >= 15 is 0 Å². The molecule has 1 fully saturated rings. The van der Waals surface area contributed by atoms with Gasteiger partial charge in [0, 0.05) is 12.1 Å². The molecule has 1 aliphatic carbocycles. The van der Waals surface area contributed by atoms with Crippen LogP contribution in [0.1, 0.15) is 41.9 Å². The van der Waals surface area contributed by atoms with Crippen LogP contribution < -0.4 is 10.6 Å². The van der Waals surface area contributed by atoms with Crippen LogP contribution >= 0.6 is 0 Å². The topological polar surface area (TPSA) is 92.9 Å². The summed E-state index contributed by atoms with van der Waals surface area (Å²) in [6, 6.07) is 2.11. The van der Waals surface area contributed by atoms with E-state index in [4.69, 9.17) is 4.52 Å². The van der Waals surface area contributed by atoms with Crippen molar-refractivity contribution < 1.29 is 9.32 Å². The number of carbonyl (C=O) groups is 1. The number of anilines is 2. The van der Waals surface area contributed by atoms with Gasteiger partial charge >= 0.3 is 0 Å². The van der Waals surface area contributed by atoms with Crippen molar-refractivity contribution in [2.24, 2.45) is 0 Å². The number of aryl methyl sites for hydroxylation is 1. The second-order valence-electron chi connectivity index (χ2n) is 5.19. The molecular formula is C14H17N5O2. The van der Waals surface area contributed by atoms with E-state index in [1.165, 1.54) is 19.0 Å². The zero-order chi connectivity index (χ0) is 14.7. The Balaban J connectivity index is 1.61. The molecule has 21 heavy (non-hydrogen) atoms. The van der Waals surface area contributed by atoms with E-state index in [-0.39, 0.29) is 11.6 Å². The monoisotopic (exact) mass is 287 g/mol. The maximum atomic E-state index is 12.0. The number of rotatable bonds is 4. The lowest BCUT2D eigenvalue weighted by atomic mass is 10.2. The number of amides is 1. The molecule has 1 aliphatic rings. The molecule has 0 unspecified atom stereocenters. The Labute approximate surface area is 122 Å². The lowest BCUT2D eigenvalue weighted by Crippen LogP contribution is -2.17. The molecule has 110 valence electrons. The second kappa shape index (κ2) is 5.90. The molecule has 0 saturated heterocycles. The normalized spacial score (nSPS) is 15.1. The fourth-order valence-corrected chi connectivity index (χ4v) is 2.40. The molecule has 0 spiro atoms. The highest BCUT2D eigenvalue weighted by Crippen LogP contribution is 2.21. The summed E-state index contributed by atoms with van der Waals surface area (Å²) < 4.78 is 4.88. The Morgan fingerprint density at radius 1 is 1.24 bits per heavy atom. The van der Waals surface area contributed by atoms with E-state index in [0.717, 1.165) is 12.8 Å². The largest absolute Gasteiger partial charge is 0.366 e. The molecule has 0 aromatic carbocycles. The van der Waals surface area contributed by atoms with Crippen LogP contribution in [0.25, 0.3) is 0 Å². The summed E-state index contributed by atoms with van der Waals surface area (Å²) in [7, 11) is 0. The molecule has 2 aromatic heterocycles. The van der Waals surface area contributed by atoms with Crippen molar-refractivity contribution in [2.45, 2.75) is 38.6 Å². The Kier molecular flexibility index (Phi) is 3.81. The fraction of sp³-hybridized carbons (Fsp3) is 0.429. The van der Waals surface area contributed by atoms with E-state index in [1.54, 1.807) is 19.2 Å². The lowest BCUT2D eigenvalue weighted by molar-refractivity contribution is 0.102. The first kappa shape index (κ1) is 13.5. The summed E-state index contributed by atoms with van der Waals surface area (Å²) in [6.07, 6.45) is 7.87. The molecule has 2 heterocycles. The SMILES string of the molecule is Cc1cc(NC(=O)c2cnc(NC3CCCC3)cn2)no1. The molecule has 2 N–H and O–H groups in total. The lowest BCUT2D eigenvalue weighted by Gasteiger charge is -2.11. The Hall–Kier alpha value is -2.44. The smallest absolute Gasteiger partial charge is 0.277 e. The van der Waals surface area contributed by atoms with Gasteiger partial charge in [-0.3, -0.25) is 4.79 Å². The van der Waals surface area contributed by atoms with Gasteiger partial charge in [0.15, 0.2) is 5.82 Å². The first-order valence-corrected chi connectivity index (χ1v) is 7.04. The van der Waals surface area contributed by atoms with Crippen LogP contribution in [-0.4, -0.2) is 27.1 Å². The molecule has 1 saturated carbocycles. The van der Waals surface area contributed by atoms with Crippen molar-refractivity contribution >= 4 is 17.5 Å². The van der Waals surface area contributed by atoms with Gasteiger partial charge in [-0.25, -0.2) is 9.97 Å². The van der Waals surface area contributed by atoms with E-state index in [0.29, 0.717) is 23.4 Å². The summed E-state index contributed by atoms with van der Waals surface area (Å²) in [4.78, 5) is 20.3. The van der Waals surface area contributed by atoms with Crippen LogP contribution in [0.2, 0.25) is 0 Å². The van der Waals surface area contributed by atoms with E-state index in [9.17, 15) is 4.79 Å². The minimum Gasteiger partial charge on any atom is -0.366 e. The zero-order valence-electron chi connectivity index (χ0n) is 11.8. The van der Waals surface area contributed by atoms with E-state index in [2.05, 4.69) is 25.8 Å². The quantitative estimate of drug-likeness (QED) is 0.896. The van der Waals surface area contributed by atoms with Crippen LogP contribution in [-0.2, 0) is 0 Å². The zero-order valence-corrected chi connectivity index (χ0v) is 11.8. The molecule has 0 bridgehead atoms. The molecule has 7 nitrogen and oxygen atoms in total. The van der Waals surface area contributed by atoms with Gasteiger partial charge in [0.05, 0.1) is 12.4 Å². The molecule has 1 amide bonds. The van der Waals surface area contributed by atoms with Crippen molar-refractivity contribution in [1.82, 2.24) is 15.1 Å². The molecule has 3 rings (SSSR count). The van der Waals surface area contributed by atoms with Crippen molar-refractivity contribution in [3.8, 4) is 0 Å². The number of hydrogen-bond acceptors (Lipinski definition) is 6. The first-order chi connectivity index (χ1) is 10.2. The molecule has 0 aliphatic heterocycles. The summed E-state index contributed by atoms with van der Waals surface area (Å²) in [6.45, 7) is 1.76. The van der Waals surface area contributed by atoms with Crippen LogP contribution in [0.5, 0.6) is 0 Å². The number of carbonyl (C=O) groups excluding carboxylic acids is 1. The van der Waals surface area contributed by atoms with Crippen LogP contribution in [0.3, 0.4) is 0 Å². The van der Waals surface area contributed by atoms with Gasteiger partial charge in [0.25, 0.3) is 5.91 Å². The van der Waals surface area contributed by atoms with Gasteiger partial charge in [-0.2, -0.15) is 0 Å². The molecule has 2 aromatic rings. The molecule has 0 radical (unpaired) electrons. The van der Waals surface area contributed by atoms with Gasteiger partial charge in [0.1, 0.15) is 17.3 Å². The minimum atomic E-state index is -0.358. The van der Waals surface area contributed by atoms with Crippen molar-refractivity contribution in [1.29, 1.82) is 0 Å². The third kappa shape index (κ3) is 3.36. The van der Waals surface area contributed by atoms with Crippen molar-refractivity contribution in [2.75, 3.05) is 10.6 Å². The number of nitrogens with zero attached hydrogens (tertiary/aromatic N) is 3. The molecular weight excluding hydrogens is 270 g/mol. The highest BCUT2D eigenvalue weighted by molar-refractivity contribution is 6.02. The average Bonchev–Trinajstić information content (AvgIpc) is 3.12. The fourth-order valence-electron chi connectivity index (χ4n) is 2.40. The summed E-state index contributed by atoms with van der Waals surface area (Å²) in [5, 5.41) is 9.63. The van der Waals surface area contributed by atoms with Gasteiger partial charge in [-0.05, 0) is 19.8 Å². The first-order valence-electron chi connectivity index (χ1n) is 7.04. The van der Waals surface area contributed by atoms with E-state index in [1.807, 2.05) is 0 Å². The van der Waals surface area contributed by atoms with Crippen LogP contribution in [0.4, 0.5) is 11.6 Å². The number of hydrogen-bond donors (Lipinski definition) is 2. The second-order valence-corrected chi connectivity index (χ2v) is 5.19. The van der Waals surface area contributed by atoms with Gasteiger partial charge < -0.3 is 15.2 Å².